The largest absolute Gasteiger partial charge is 0.508 e. The highest BCUT2D eigenvalue weighted by Crippen LogP contribution is 2.23. The van der Waals surface area contributed by atoms with E-state index in [9.17, 15) is 5.11 Å². The van der Waals surface area contributed by atoms with E-state index in [-0.39, 0.29) is 18.4 Å². The van der Waals surface area contributed by atoms with Crippen molar-refractivity contribution in [1.82, 2.24) is 0 Å². The van der Waals surface area contributed by atoms with Crippen LogP contribution in [0.2, 0.25) is 0 Å². The standard InChI is InChI=1S/C10H15NO2/c1-7(11)9-6-8(4-5-12)2-3-10(9)13/h2-3,6-7,12-13H,4-5,11H2,1H3/t7-/m1/s1. The first-order valence-electron chi connectivity index (χ1n) is 4.33. The summed E-state index contributed by atoms with van der Waals surface area (Å²) in [6, 6.07) is 5.05. The predicted octanol–water partition coefficient (Wildman–Crippen LogP) is 0.947. The molecule has 0 spiro atoms. The molecule has 0 radical (unpaired) electrons. The minimum absolute atomic E-state index is 0.114. The number of hydrogen-bond acceptors (Lipinski definition) is 3. The first-order valence-corrected chi connectivity index (χ1v) is 4.33. The van der Waals surface area contributed by atoms with Crippen LogP contribution >= 0.6 is 0 Å². The average molecular weight is 181 g/mol. The van der Waals surface area contributed by atoms with E-state index in [1.54, 1.807) is 12.1 Å². The molecule has 72 valence electrons. The number of phenolic OH excluding ortho intramolecular Hbond substituents is 1. The van der Waals surface area contributed by atoms with Gasteiger partial charge in [-0.1, -0.05) is 12.1 Å². The van der Waals surface area contributed by atoms with Gasteiger partial charge in [-0.3, -0.25) is 0 Å². The van der Waals surface area contributed by atoms with Gasteiger partial charge >= 0.3 is 0 Å². The van der Waals surface area contributed by atoms with Gasteiger partial charge in [-0.15, -0.1) is 0 Å². The van der Waals surface area contributed by atoms with Gasteiger partial charge in [0.15, 0.2) is 0 Å². The number of aliphatic hydroxyl groups is 1. The Morgan fingerprint density at radius 2 is 2.15 bits per heavy atom. The molecule has 13 heavy (non-hydrogen) atoms. The van der Waals surface area contributed by atoms with E-state index >= 15 is 0 Å². The van der Waals surface area contributed by atoms with Crippen LogP contribution in [0.25, 0.3) is 0 Å². The van der Waals surface area contributed by atoms with Crippen LogP contribution in [0, 0.1) is 0 Å². The number of rotatable bonds is 3. The van der Waals surface area contributed by atoms with Crippen LogP contribution in [0.5, 0.6) is 5.75 Å². The molecule has 0 aliphatic carbocycles. The maximum Gasteiger partial charge on any atom is 0.120 e. The van der Waals surface area contributed by atoms with E-state index in [2.05, 4.69) is 0 Å². The van der Waals surface area contributed by atoms with Crippen LogP contribution in [0.15, 0.2) is 18.2 Å². The molecule has 0 aliphatic heterocycles. The van der Waals surface area contributed by atoms with Crippen LogP contribution in [-0.4, -0.2) is 16.8 Å². The zero-order valence-corrected chi connectivity index (χ0v) is 7.70. The molecule has 0 aliphatic rings. The first kappa shape index (κ1) is 10.0. The molecule has 4 N–H and O–H groups in total. The average Bonchev–Trinajstić information content (AvgIpc) is 2.08. The second kappa shape index (κ2) is 4.25. The van der Waals surface area contributed by atoms with Gasteiger partial charge in [0, 0.05) is 18.2 Å². The lowest BCUT2D eigenvalue weighted by atomic mass is 10.0. The lowest BCUT2D eigenvalue weighted by molar-refractivity contribution is 0.299. The number of hydrogen-bond donors (Lipinski definition) is 3. The van der Waals surface area contributed by atoms with Gasteiger partial charge < -0.3 is 15.9 Å². The molecule has 1 atom stereocenters. The summed E-state index contributed by atoms with van der Waals surface area (Å²) in [4.78, 5) is 0. The molecule has 0 heterocycles. The van der Waals surface area contributed by atoms with Crippen LogP contribution in [0.1, 0.15) is 24.1 Å². The summed E-state index contributed by atoms with van der Waals surface area (Å²) in [6.07, 6.45) is 0.597. The fourth-order valence-electron chi connectivity index (χ4n) is 1.25. The Bertz CT molecular complexity index is 284. The fraction of sp³-hybridized carbons (Fsp3) is 0.400. The van der Waals surface area contributed by atoms with Crippen molar-refractivity contribution < 1.29 is 10.2 Å². The third-order valence-corrected chi connectivity index (χ3v) is 1.98. The SMILES string of the molecule is C[C@@H](N)c1cc(CCO)ccc1O. The molecule has 0 unspecified atom stereocenters. The second-order valence-electron chi connectivity index (χ2n) is 3.16. The number of nitrogens with two attached hydrogens (primary N) is 1. The normalized spacial score (nSPS) is 12.8. The summed E-state index contributed by atoms with van der Waals surface area (Å²) in [7, 11) is 0. The Balaban J connectivity index is 2.97. The van der Waals surface area contributed by atoms with Crippen molar-refractivity contribution in [2.45, 2.75) is 19.4 Å². The van der Waals surface area contributed by atoms with Crippen molar-refractivity contribution in [3.8, 4) is 5.75 Å². The molecular formula is C10H15NO2. The molecule has 3 nitrogen and oxygen atoms in total. The fourth-order valence-corrected chi connectivity index (χ4v) is 1.25. The van der Waals surface area contributed by atoms with Gasteiger partial charge in [-0.2, -0.15) is 0 Å². The van der Waals surface area contributed by atoms with Gasteiger partial charge in [-0.25, -0.2) is 0 Å². The zero-order valence-electron chi connectivity index (χ0n) is 7.70. The molecule has 0 aromatic heterocycles. The van der Waals surface area contributed by atoms with E-state index in [1.807, 2.05) is 13.0 Å². The second-order valence-corrected chi connectivity index (χ2v) is 3.16. The Hall–Kier alpha value is -1.06. The third kappa shape index (κ3) is 2.44. The summed E-state index contributed by atoms with van der Waals surface area (Å²) in [5.74, 6) is 0.219. The minimum Gasteiger partial charge on any atom is -0.508 e. The van der Waals surface area contributed by atoms with Gasteiger partial charge in [-0.05, 0) is 25.0 Å². The van der Waals surface area contributed by atoms with E-state index in [4.69, 9.17) is 10.8 Å². The van der Waals surface area contributed by atoms with Gasteiger partial charge in [0.1, 0.15) is 5.75 Å². The van der Waals surface area contributed by atoms with E-state index in [0.717, 1.165) is 11.1 Å². The lowest BCUT2D eigenvalue weighted by Crippen LogP contribution is -2.06. The Morgan fingerprint density at radius 1 is 1.46 bits per heavy atom. The summed E-state index contributed by atoms with van der Waals surface area (Å²) < 4.78 is 0. The number of aromatic hydroxyl groups is 1. The first-order chi connectivity index (χ1) is 6.15. The molecule has 1 rings (SSSR count). The molecule has 0 saturated heterocycles. The molecular weight excluding hydrogens is 166 g/mol. The molecule has 0 saturated carbocycles. The van der Waals surface area contributed by atoms with E-state index in [0.29, 0.717) is 6.42 Å². The number of phenols is 1. The predicted molar refractivity (Wildman–Crippen MR) is 51.5 cm³/mol. The van der Waals surface area contributed by atoms with E-state index in [1.165, 1.54) is 0 Å². The third-order valence-electron chi connectivity index (χ3n) is 1.98. The highest BCUT2D eigenvalue weighted by atomic mass is 16.3. The summed E-state index contributed by atoms with van der Waals surface area (Å²) >= 11 is 0. The van der Waals surface area contributed by atoms with E-state index < -0.39 is 0 Å². The Labute approximate surface area is 77.8 Å². The lowest BCUT2D eigenvalue weighted by Gasteiger charge is -2.09. The topological polar surface area (TPSA) is 66.5 Å². The van der Waals surface area contributed by atoms with Gasteiger partial charge in [0.05, 0.1) is 0 Å². The van der Waals surface area contributed by atoms with Crippen LogP contribution in [-0.2, 0) is 6.42 Å². The van der Waals surface area contributed by atoms with Crippen molar-refractivity contribution >= 4 is 0 Å². The van der Waals surface area contributed by atoms with Crippen molar-refractivity contribution in [3.63, 3.8) is 0 Å². The molecule has 3 heteroatoms. The van der Waals surface area contributed by atoms with Gasteiger partial charge in [0.2, 0.25) is 0 Å². The van der Waals surface area contributed by atoms with Crippen molar-refractivity contribution in [2.75, 3.05) is 6.61 Å². The molecule has 0 fully saturated rings. The molecule has 0 bridgehead atoms. The van der Waals surface area contributed by atoms with Crippen molar-refractivity contribution in [2.24, 2.45) is 5.73 Å². The summed E-state index contributed by atoms with van der Waals surface area (Å²) in [5.41, 5.74) is 7.38. The summed E-state index contributed by atoms with van der Waals surface area (Å²) in [5, 5.41) is 18.2. The molecule has 0 amide bonds. The maximum absolute atomic E-state index is 9.43. The summed E-state index contributed by atoms with van der Waals surface area (Å²) in [6.45, 7) is 1.93. The van der Waals surface area contributed by atoms with Gasteiger partial charge in [0.25, 0.3) is 0 Å². The zero-order chi connectivity index (χ0) is 9.84. The van der Waals surface area contributed by atoms with Crippen molar-refractivity contribution in [3.05, 3.63) is 29.3 Å². The maximum atomic E-state index is 9.43. The Kier molecular flexibility index (Phi) is 3.28. The molecule has 1 aromatic rings. The quantitative estimate of drug-likeness (QED) is 0.650. The Morgan fingerprint density at radius 3 is 2.69 bits per heavy atom. The van der Waals surface area contributed by atoms with Crippen LogP contribution < -0.4 is 5.73 Å². The van der Waals surface area contributed by atoms with Crippen molar-refractivity contribution in [1.29, 1.82) is 0 Å². The highest BCUT2D eigenvalue weighted by molar-refractivity contribution is 5.38. The molecule has 1 aromatic carbocycles. The monoisotopic (exact) mass is 181 g/mol. The number of benzene rings is 1. The van der Waals surface area contributed by atoms with Crippen LogP contribution in [0.3, 0.4) is 0 Å². The highest BCUT2D eigenvalue weighted by Gasteiger charge is 2.06. The number of aliphatic hydroxyl groups excluding tert-OH is 1. The van der Waals surface area contributed by atoms with Crippen LogP contribution in [0.4, 0.5) is 0 Å². The minimum atomic E-state index is -0.182. The smallest absolute Gasteiger partial charge is 0.120 e.